The number of hydrogen-bond acceptors (Lipinski definition) is 3. The van der Waals surface area contributed by atoms with E-state index in [-0.39, 0.29) is 5.91 Å². The van der Waals surface area contributed by atoms with E-state index in [1.165, 1.54) is 4.31 Å². The van der Waals surface area contributed by atoms with Gasteiger partial charge in [0.1, 0.15) is 6.04 Å². The molecule has 1 amide bonds. The molecule has 1 aromatic carbocycles. The van der Waals surface area contributed by atoms with E-state index in [1.54, 1.807) is 12.1 Å². The normalized spacial score (nSPS) is 20.1. The van der Waals surface area contributed by atoms with Crippen molar-refractivity contribution in [2.45, 2.75) is 25.8 Å². The van der Waals surface area contributed by atoms with Gasteiger partial charge >= 0.3 is 0 Å². The molecule has 110 valence electrons. The molecule has 7 heteroatoms. The smallest absolute Gasteiger partial charge is 0.242 e. The van der Waals surface area contributed by atoms with Gasteiger partial charge in [0, 0.05) is 6.54 Å². The Balaban J connectivity index is 2.16. The van der Waals surface area contributed by atoms with E-state index in [2.05, 4.69) is 5.32 Å². The Morgan fingerprint density at radius 2 is 2.15 bits per heavy atom. The first-order valence-corrected chi connectivity index (χ1v) is 8.55. The highest BCUT2D eigenvalue weighted by Gasteiger charge is 2.36. The van der Waals surface area contributed by atoms with Crippen molar-refractivity contribution in [1.82, 2.24) is 4.31 Å². The van der Waals surface area contributed by atoms with Gasteiger partial charge in [0.05, 0.1) is 17.0 Å². The molecule has 1 saturated heterocycles. The van der Waals surface area contributed by atoms with Crippen LogP contribution in [0, 0.1) is 6.92 Å². The van der Waals surface area contributed by atoms with E-state index in [1.807, 2.05) is 13.0 Å². The van der Waals surface area contributed by atoms with E-state index >= 15 is 0 Å². The Hall–Kier alpha value is -1.11. The van der Waals surface area contributed by atoms with E-state index < -0.39 is 16.1 Å². The van der Waals surface area contributed by atoms with Crippen molar-refractivity contribution < 1.29 is 13.2 Å². The van der Waals surface area contributed by atoms with Gasteiger partial charge in [-0.3, -0.25) is 4.79 Å². The predicted octanol–water partition coefficient (Wildman–Crippen LogP) is 2.01. The van der Waals surface area contributed by atoms with Gasteiger partial charge in [-0.1, -0.05) is 17.7 Å². The van der Waals surface area contributed by atoms with Gasteiger partial charge in [-0.25, -0.2) is 8.42 Å². The van der Waals surface area contributed by atoms with Gasteiger partial charge in [0.2, 0.25) is 15.9 Å². The Kier molecular flexibility index (Phi) is 4.36. The van der Waals surface area contributed by atoms with Crippen molar-refractivity contribution in [2.75, 3.05) is 18.1 Å². The number of amides is 1. The molecule has 0 aromatic heterocycles. The molecule has 20 heavy (non-hydrogen) atoms. The average Bonchev–Trinajstić information content (AvgIpc) is 2.81. The third-order valence-corrected chi connectivity index (χ3v) is 4.92. The molecule has 0 bridgehead atoms. The van der Waals surface area contributed by atoms with Gasteiger partial charge < -0.3 is 5.32 Å². The number of sulfonamides is 1. The lowest BCUT2D eigenvalue weighted by Gasteiger charge is -2.21. The summed E-state index contributed by atoms with van der Waals surface area (Å²) in [5.41, 5.74) is 1.49. The second-order valence-corrected chi connectivity index (χ2v) is 7.35. The molecule has 1 heterocycles. The van der Waals surface area contributed by atoms with Crippen molar-refractivity contribution in [2.24, 2.45) is 0 Å². The summed E-state index contributed by atoms with van der Waals surface area (Å²) in [6.07, 6.45) is 2.34. The molecule has 1 aliphatic rings. The van der Waals surface area contributed by atoms with Crippen molar-refractivity contribution in [1.29, 1.82) is 0 Å². The number of carbonyl (C=O) groups excluding carboxylic acids is 1. The molecular weight excluding hydrogens is 300 g/mol. The van der Waals surface area contributed by atoms with Crippen LogP contribution in [0.25, 0.3) is 0 Å². The van der Waals surface area contributed by atoms with Crippen molar-refractivity contribution in [3.05, 3.63) is 28.8 Å². The number of anilines is 1. The molecule has 1 unspecified atom stereocenters. The molecule has 1 aromatic rings. The molecule has 5 nitrogen and oxygen atoms in total. The maximum Gasteiger partial charge on any atom is 0.242 e. The lowest BCUT2D eigenvalue weighted by Crippen LogP contribution is -2.42. The molecule has 2 rings (SSSR count). The summed E-state index contributed by atoms with van der Waals surface area (Å²) >= 11 is 6.06. The summed E-state index contributed by atoms with van der Waals surface area (Å²) in [5.74, 6) is -0.335. The zero-order valence-corrected chi connectivity index (χ0v) is 13.0. The molecule has 0 aliphatic carbocycles. The van der Waals surface area contributed by atoms with Crippen LogP contribution in [0.5, 0.6) is 0 Å². The number of nitrogens with one attached hydrogen (secondary N) is 1. The first-order chi connectivity index (χ1) is 9.29. The third kappa shape index (κ3) is 3.31. The maximum absolute atomic E-state index is 12.2. The molecule has 0 saturated carbocycles. The van der Waals surface area contributed by atoms with Crippen LogP contribution in [-0.2, 0) is 14.8 Å². The Morgan fingerprint density at radius 1 is 1.45 bits per heavy atom. The highest BCUT2D eigenvalue weighted by molar-refractivity contribution is 7.88. The van der Waals surface area contributed by atoms with Crippen LogP contribution in [0.3, 0.4) is 0 Å². The molecule has 1 N–H and O–H groups in total. The second-order valence-electron chi connectivity index (χ2n) is 5.00. The second kappa shape index (κ2) is 5.71. The SMILES string of the molecule is Cc1ccc(NC(=O)C2CCCN2S(C)(=O)=O)c(Cl)c1. The first-order valence-electron chi connectivity index (χ1n) is 6.33. The topological polar surface area (TPSA) is 66.5 Å². The first kappa shape index (κ1) is 15.3. The summed E-state index contributed by atoms with van der Waals surface area (Å²) in [6.45, 7) is 2.29. The highest BCUT2D eigenvalue weighted by atomic mass is 35.5. The summed E-state index contributed by atoms with van der Waals surface area (Å²) in [6, 6.07) is 4.65. The maximum atomic E-state index is 12.2. The zero-order valence-electron chi connectivity index (χ0n) is 11.4. The van der Waals surface area contributed by atoms with Gasteiger partial charge in [-0.2, -0.15) is 4.31 Å². The minimum atomic E-state index is -3.37. The van der Waals surface area contributed by atoms with Crippen LogP contribution in [0.15, 0.2) is 18.2 Å². The fourth-order valence-electron chi connectivity index (χ4n) is 2.34. The lowest BCUT2D eigenvalue weighted by atomic mass is 10.2. The number of aryl methyl sites for hydroxylation is 1. The number of halogens is 1. The molecule has 1 atom stereocenters. The Labute approximate surface area is 124 Å². The van der Waals surface area contributed by atoms with Crippen LogP contribution in [0.1, 0.15) is 18.4 Å². The minimum Gasteiger partial charge on any atom is -0.323 e. The van der Waals surface area contributed by atoms with Crippen molar-refractivity contribution >= 4 is 33.2 Å². The molecule has 1 fully saturated rings. The molecule has 1 aliphatic heterocycles. The van der Waals surface area contributed by atoms with Crippen LogP contribution < -0.4 is 5.32 Å². The van der Waals surface area contributed by atoms with Gasteiger partial charge in [0.25, 0.3) is 0 Å². The van der Waals surface area contributed by atoms with E-state index in [4.69, 9.17) is 11.6 Å². The van der Waals surface area contributed by atoms with Crippen LogP contribution in [0.4, 0.5) is 5.69 Å². The Morgan fingerprint density at radius 3 is 2.75 bits per heavy atom. The largest absolute Gasteiger partial charge is 0.323 e. The summed E-state index contributed by atoms with van der Waals surface area (Å²) in [7, 11) is -3.37. The summed E-state index contributed by atoms with van der Waals surface area (Å²) in [4.78, 5) is 12.2. The quantitative estimate of drug-likeness (QED) is 0.927. The molecular formula is C13H17ClN2O3S. The number of rotatable bonds is 3. The Bertz CT molecular complexity index is 631. The fraction of sp³-hybridized carbons (Fsp3) is 0.462. The summed E-state index contributed by atoms with van der Waals surface area (Å²) in [5, 5.41) is 3.15. The number of benzene rings is 1. The van der Waals surface area contributed by atoms with Crippen molar-refractivity contribution in [3.8, 4) is 0 Å². The lowest BCUT2D eigenvalue weighted by molar-refractivity contribution is -0.119. The molecule has 0 radical (unpaired) electrons. The van der Waals surface area contributed by atoms with E-state index in [0.29, 0.717) is 30.1 Å². The minimum absolute atomic E-state index is 0.335. The van der Waals surface area contributed by atoms with Crippen molar-refractivity contribution in [3.63, 3.8) is 0 Å². The van der Waals surface area contributed by atoms with Gasteiger partial charge in [-0.15, -0.1) is 0 Å². The van der Waals surface area contributed by atoms with Crippen LogP contribution in [0.2, 0.25) is 5.02 Å². The number of carbonyl (C=O) groups is 1. The molecule has 0 spiro atoms. The summed E-state index contributed by atoms with van der Waals surface area (Å²) < 4.78 is 24.5. The van der Waals surface area contributed by atoms with Gasteiger partial charge in [0.15, 0.2) is 0 Å². The number of nitrogens with zero attached hydrogens (tertiary/aromatic N) is 1. The number of hydrogen-bond donors (Lipinski definition) is 1. The highest BCUT2D eigenvalue weighted by Crippen LogP contribution is 2.25. The van der Waals surface area contributed by atoms with Crippen LogP contribution in [-0.4, -0.2) is 37.5 Å². The van der Waals surface area contributed by atoms with Crippen LogP contribution >= 0.6 is 11.6 Å². The average molecular weight is 317 g/mol. The van der Waals surface area contributed by atoms with E-state index in [0.717, 1.165) is 11.8 Å². The third-order valence-electron chi connectivity index (χ3n) is 3.31. The predicted molar refractivity (Wildman–Crippen MR) is 79.4 cm³/mol. The van der Waals surface area contributed by atoms with E-state index in [9.17, 15) is 13.2 Å². The zero-order chi connectivity index (χ0) is 14.9. The monoisotopic (exact) mass is 316 g/mol. The standard InChI is InChI=1S/C13H17ClN2O3S/c1-9-5-6-11(10(14)8-9)15-13(17)12-4-3-7-16(12)20(2,18)19/h5-6,8,12H,3-4,7H2,1-2H3,(H,15,17). The van der Waals surface area contributed by atoms with Gasteiger partial charge in [-0.05, 0) is 37.5 Å². The fourth-order valence-corrected chi connectivity index (χ4v) is 3.74.